The van der Waals surface area contributed by atoms with Crippen LogP contribution in [0.4, 0.5) is 0 Å². The number of piperazine rings is 1. The number of rotatable bonds is 1. The summed E-state index contributed by atoms with van der Waals surface area (Å²) in [4.78, 5) is 34.3. The topological polar surface area (TPSA) is 74.2 Å². The Labute approximate surface area is 130 Å². The van der Waals surface area contributed by atoms with Gasteiger partial charge in [0, 0.05) is 32.6 Å². The second-order valence-corrected chi connectivity index (χ2v) is 6.83. The molecular weight excluding hydrogens is 284 g/mol. The van der Waals surface area contributed by atoms with Gasteiger partial charge in [-0.15, -0.1) is 0 Å². The summed E-state index contributed by atoms with van der Waals surface area (Å²) < 4.78 is 0. The molecule has 2 fully saturated rings. The second-order valence-electron chi connectivity index (χ2n) is 6.83. The molecule has 3 aliphatic heterocycles. The van der Waals surface area contributed by atoms with Gasteiger partial charge in [-0.25, -0.2) is 0 Å². The van der Waals surface area contributed by atoms with Crippen LogP contribution in [0.2, 0.25) is 0 Å². The zero-order chi connectivity index (χ0) is 16.0. The minimum absolute atomic E-state index is 0.0261. The van der Waals surface area contributed by atoms with Gasteiger partial charge >= 0.3 is 0 Å². The minimum atomic E-state index is -0.880. The molecule has 0 aromatic rings. The average molecular weight is 308 g/mol. The molecule has 0 saturated carbocycles. The lowest BCUT2D eigenvalue weighted by molar-refractivity contribution is -0.158. The second kappa shape index (κ2) is 5.22. The van der Waals surface area contributed by atoms with Crippen LogP contribution < -0.4 is 5.32 Å². The summed E-state index contributed by atoms with van der Waals surface area (Å²) in [7, 11) is 1.99. The minimum Gasteiger partial charge on any atom is -0.379 e. The number of carbonyl (C=O) groups excluding carboxylic acids is 2. The van der Waals surface area contributed by atoms with Gasteiger partial charge in [0.15, 0.2) is 0 Å². The van der Waals surface area contributed by atoms with Crippen molar-refractivity contribution in [3.05, 3.63) is 0 Å². The molecule has 3 heterocycles. The highest BCUT2D eigenvalue weighted by atomic mass is 16.7. The van der Waals surface area contributed by atoms with Gasteiger partial charge in [-0.2, -0.15) is 0 Å². The van der Waals surface area contributed by atoms with E-state index in [0.29, 0.717) is 38.9 Å². The van der Waals surface area contributed by atoms with Crippen LogP contribution in [0.25, 0.3) is 0 Å². The molecule has 7 heteroatoms. The van der Waals surface area contributed by atoms with Crippen molar-refractivity contribution < 1.29 is 14.4 Å². The molecule has 7 nitrogen and oxygen atoms in total. The lowest BCUT2D eigenvalue weighted by Crippen LogP contribution is -2.67. The maximum atomic E-state index is 12.7. The van der Waals surface area contributed by atoms with E-state index in [-0.39, 0.29) is 11.8 Å². The molecule has 22 heavy (non-hydrogen) atoms. The van der Waals surface area contributed by atoms with Crippen LogP contribution in [0.3, 0.4) is 0 Å². The molecule has 0 aliphatic carbocycles. The zero-order valence-corrected chi connectivity index (χ0v) is 13.5. The standard InChI is InChI=1S/C15H24N4O3/c1-11-10-14(2,22-17-11)13(21)19-7-4-15(5-8-19)12(20)16-6-9-18(15)3/h4-10H2,1-3H3,(H,16,20)/t14-/m0/s1. The smallest absolute Gasteiger partial charge is 0.269 e. The Morgan fingerprint density at radius 2 is 2.00 bits per heavy atom. The molecular formula is C15H24N4O3. The summed E-state index contributed by atoms with van der Waals surface area (Å²) in [6.45, 7) is 6.36. The first kappa shape index (κ1) is 15.3. The summed E-state index contributed by atoms with van der Waals surface area (Å²) in [5, 5.41) is 6.87. The number of amides is 2. The molecule has 0 unspecified atom stereocenters. The zero-order valence-electron chi connectivity index (χ0n) is 13.5. The van der Waals surface area contributed by atoms with Crippen molar-refractivity contribution in [3.63, 3.8) is 0 Å². The number of hydrogen-bond acceptors (Lipinski definition) is 5. The molecule has 2 amide bonds. The summed E-state index contributed by atoms with van der Waals surface area (Å²) in [5.41, 5.74) is -0.496. The molecule has 0 bridgehead atoms. The van der Waals surface area contributed by atoms with Crippen LogP contribution >= 0.6 is 0 Å². The molecule has 1 atom stereocenters. The van der Waals surface area contributed by atoms with Crippen molar-refractivity contribution in [1.82, 2.24) is 15.1 Å². The van der Waals surface area contributed by atoms with Crippen LogP contribution in [-0.4, -0.2) is 71.7 Å². The maximum absolute atomic E-state index is 12.7. The Balaban J connectivity index is 1.67. The van der Waals surface area contributed by atoms with Gasteiger partial charge in [0.2, 0.25) is 11.5 Å². The number of hydrogen-bond donors (Lipinski definition) is 1. The quantitative estimate of drug-likeness (QED) is 0.738. The van der Waals surface area contributed by atoms with Crippen LogP contribution in [0.15, 0.2) is 5.16 Å². The van der Waals surface area contributed by atoms with Gasteiger partial charge in [-0.05, 0) is 33.7 Å². The lowest BCUT2D eigenvalue weighted by atomic mass is 9.83. The first-order chi connectivity index (χ1) is 10.4. The monoisotopic (exact) mass is 308 g/mol. The Morgan fingerprint density at radius 3 is 2.55 bits per heavy atom. The van der Waals surface area contributed by atoms with Gasteiger partial charge in [-0.3, -0.25) is 14.5 Å². The van der Waals surface area contributed by atoms with E-state index in [1.54, 1.807) is 6.92 Å². The van der Waals surface area contributed by atoms with E-state index in [1.807, 2.05) is 18.9 Å². The predicted molar refractivity (Wildman–Crippen MR) is 81.4 cm³/mol. The van der Waals surface area contributed by atoms with Crippen LogP contribution in [0.5, 0.6) is 0 Å². The van der Waals surface area contributed by atoms with Crippen molar-refractivity contribution in [2.75, 3.05) is 33.2 Å². The van der Waals surface area contributed by atoms with Gasteiger partial charge in [0.05, 0.1) is 5.71 Å². The van der Waals surface area contributed by atoms with E-state index in [4.69, 9.17) is 4.84 Å². The van der Waals surface area contributed by atoms with Gasteiger partial charge in [0.25, 0.3) is 5.91 Å². The van der Waals surface area contributed by atoms with Crippen molar-refractivity contribution in [2.45, 2.75) is 44.2 Å². The first-order valence-corrected chi connectivity index (χ1v) is 7.88. The van der Waals surface area contributed by atoms with Gasteiger partial charge in [0.1, 0.15) is 5.54 Å². The van der Waals surface area contributed by atoms with Crippen LogP contribution in [0.1, 0.15) is 33.1 Å². The largest absolute Gasteiger partial charge is 0.379 e. The fourth-order valence-electron chi connectivity index (χ4n) is 3.76. The molecule has 2 saturated heterocycles. The van der Waals surface area contributed by atoms with E-state index < -0.39 is 11.1 Å². The van der Waals surface area contributed by atoms with E-state index in [9.17, 15) is 9.59 Å². The summed E-state index contributed by atoms with van der Waals surface area (Å²) in [6.07, 6.45) is 1.86. The lowest BCUT2D eigenvalue weighted by Gasteiger charge is -2.49. The number of piperidine rings is 1. The Morgan fingerprint density at radius 1 is 1.32 bits per heavy atom. The highest BCUT2D eigenvalue weighted by Gasteiger charge is 2.50. The summed E-state index contributed by atoms with van der Waals surface area (Å²) in [6, 6.07) is 0. The van der Waals surface area contributed by atoms with Crippen molar-refractivity contribution in [2.24, 2.45) is 5.16 Å². The Kier molecular flexibility index (Phi) is 3.63. The first-order valence-electron chi connectivity index (χ1n) is 7.88. The average Bonchev–Trinajstić information content (AvgIpc) is 2.85. The number of oxime groups is 1. The van der Waals surface area contributed by atoms with Crippen molar-refractivity contribution >= 4 is 17.5 Å². The highest BCUT2D eigenvalue weighted by molar-refractivity contribution is 5.94. The molecule has 1 N–H and O–H groups in total. The van der Waals surface area contributed by atoms with E-state index in [1.165, 1.54) is 0 Å². The maximum Gasteiger partial charge on any atom is 0.269 e. The molecule has 0 radical (unpaired) electrons. The highest BCUT2D eigenvalue weighted by Crippen LogP contribution is 2.33. The summed E-state index contributed by atoms with van der Waals surface area (Å²) in [5.74, 6) is 0.0673. The van der Waals surface area contributed by atoms with Gasteiger partial charge < -0.3 is 15.1 Å². The molecule has 0 aromatic carbocycles. The van der Waals surface area contributed by atoms with Gasteiger partial charge in [-0.1, -0.05) is 5.16 Å². The number of nitrogens with one attached hydrogen (secondary N) is 1. The molecule has 0 aromatic heterocycles. The van der Waals surface area contributed by atoms with Crippen LogP contribution in [-0.2, 0) is 14.4 Å². The third kappa shape index (κ3) is 2.27. The number of carbonyl (C=O) groups is 2. The molecule has 1 spiro atoms. The number of likely N-dealkylation sites (N-methyl/N-ethyl adjacent to an activating group) is 1. The third-order valence-corrected chi connectivity index (χ3v) is 5.21. The molecule has 122 valence electrons. The number of likely N-dealkylation sites (tertiary alicyclic amines) is 1. The Bertz CT molecular complexity index is 525. The van der Waals surface area contributed by atoms with Crippen molar-refractivity contribution in [1.29, 1.82) is 0 Å². The summed E-state index contributed by atoms with van der Waals surface area (Å²) >= 11 is 0. The van der Waals surface area contributed by atoms with E-state index in [0.717, 1.165) is 12.3 Å². The normalized spacial score (nSPS) is 31.7. The third-order valence-electron chi connectivity index (χ3n) is 5.21. The SMILES string of the molecule is CC1=NO[C@](C)(C(=O)N2CCC3(CC2)C(=O)NCCN3C)C1. The van der Waals surface area contributed by atoms with E-state index >= 15 is 0 Å². The number of nitrogens with zero attached hydrogens (tertiary/aromatic N) is 3. The van der Waals surface area contributed by atoms with Crippen molar-refractivity contribution in [3.8, 4) is 0 Å². The molecule has 3 aliphatic rings. The predicted octanol–water partition coefficient (Wildman–Crippen LogP) is -0.0359. The Hall–Kier alpha value is -1.63. The van der Waals surface area contributed by atoms with E-state index in [2.05, 4.69) is 15.4 Å². The molecule has 3 rings (SSSR count). The fraction of sp³-hybridized carbons (Fsp3) is 0.800. The fourth-order valence-corrected chi connectivity index (χ4v) is 3.76. The van der Waals surface area contributed by atoms with Crippen LogP contribution in [0, 0.1) is 0 Å².